The van der Waals surface area contributed by atoms with E-state index in [-0.39, 0.29) is 5.82 Å². The zero-order valence-electron chi connectivity index (χ0n) is 11.4. The Labute approximate surface area is 123 Å². The standard InChI is InChI=1S/C18H15FN2/c19-15-10-16(20)12-18(11-15)21-17-8-6-14(7-9-17)13-4-2-1-3-5-13/h1-12,21H,20H2. The molecular formula is C18H15FN2. The summed E-state index contributed by atoms with van der Waals surface area (Å²) >= 11 is 0. The van der Waals surface area contributed by atoms with Gasteiger partial charge in [-0.25, -0.2) is 4.39 Å². The molecule has 0 aliphatic carbocycles. The van der Waals surface area contributed by atoms with E-state index in [4.69, 9.17) is 5.73 Å². The number of rotatable bonds is 3. The molecule has 0 radical (unpaired) electrons. The molecule has 3 rings (SSSR count). The lowest BCUT2D eigenvalue weighted by atomic mass is 10.1. The lowest BCUT2D eigenvalue weighted by Gasteiger charge is -2.09. The van der Waals surface area contributed by atoms with Gasteiger partial charge < -0.3 is 11.1 Å². The van der Waals surface area contributed by atoms with Gasteiger partial charge in [0.1, 0.15) is 5.82 Å². The molecule has 0 saturated carbocycles. The highest BCUT2D eigenvalue weighted by atomic mass is 19.1. The molecule has 21 heavy (non-hydrogen) atoms. The number of halogens is 1. The fourth-order valence-electron chi connectivity index (χ4n) is 2.23. The van der Waals surface area contributed by atoms with E-state index in [9.17, 15) is 4.39 Å². The molecule has 0 aliphatic rings. The molecule has 0 spiro atoms. The number of anilines is 3. The molecule has 0 saturated heterocycles. The van der Waals surface area contributed by atoms with Gasteiger partial charge >= 0.3 is 0 Å². The molecule has 3 aromatic rings. The van der Waals surface area contributed by atoms with E-state index in [1.165, 1.54) is 17.7 Å². The Morgan fingerprint density at radius 2 is 1.38 bits per heavy atom. The summed E-state index contributed by atoms with van der Waals surface area (Å²) in [4.78, 5) is 0. The van der Waals surface area contributed by atoms with Gasteiger partial charge in [-0.2, -0.15) is 0 Å². The third kappa shape index (κ3) is 3.20. The van der Waals surface area contributed by atoms with Crippen molar-refractivity contribution in [3.63, 3.8) is 0 Å². The Kier molecular flexibility index (Phi) is 3.56. The molecule has 0 aliphatic heterocycles. The molecule has 2 nitrogen and oxygen atoms in total. The summed E-state index contributed by atoms with van der Waals surface area (Å²) in [7, 11) is 0. The van der Waals surface area contributed by atoms with Crippen LogP contribution in [0, 0.1) is 5.82 Å². The highest BCUT2D eigenvalue weighted by Gasteiger charge is 2.01. The van der Waals surface area contributed by atoms with Crippen LogP contribution in [0.4, 0.5) is 21.5 Å². The number of nitrogen functional groups attached to an aromatic ring is 1. The van der Waals surface area contributed by atoms with Crippen LogP contribution in [0.25, 0.3) is 11.1 Å². The van der Waals surface area contributed by atoms with E-state index in [1.807, 2.05) is 42.5 Å². The molecule has 3 heteroatoms. The minimum atomic E-state index is -0.349. The van der Waals surface area contributed by atoms with E-state index >= 15 is 0 Å². The summed E-state index contributed by atoms with van der Waals surface area (Å²) in [6.45, 7) is 0. The lowest BCUT2D eigenvalue weighted by Crippen LogP contribution is -1.94. The third-order valence-corrected chi connectivity index (χ3v) is 3.20. The van der Waals surface area contributed by atoms with Gasteiger partial charge in [0.15, 0.2) is 0 Å². The van der Waals surface area contributed by atoms with Crippen molar-refractivity contribution in [2.24, 2.45) is 0 Å². The summed E-state index contributed by atoms with van der Waals surface area (Å²) in [5, 5.41) is 3.14. The van der Waals surface area contributed by atoms with Gasteiger partial charge in [-0.1, -0.05) is 42.5 Å². The van der Waals surface area contributed by atoms with Crippen LogP contribution in [-0.4, -0.2) is 0 Å². The van der Waals surface area contributed by atoms with Gasteiger partial charge in [-0.3, -0.25) is 0 Å². The zero-order chi connectivity index (χ0) is 14.7. The predicted molar refractivity (Wildman–Crippen MR) is 86.0 cm³/mol. The van der Waals surface area contributed by atoms with Crippen molar-refractivity contribution in [3.8, 4) is 11.1 Å². The maximum atomic E-state index is 13.3. The van der Waals surface area contributed by atoms with Crippen molar-refractivity contribution < 1.29 is 4.39 Å². The van der Waals surface area contributed by atoms with E-state index in [0.29, 0.717) is 11.4 Å². The van der Waals surface area contributed by atoms with Crippen LogP contribution >= 0.6 is 0 Å². The highest BCUT2D eigenvalue weighted by molar-refractivity contribution is 5.69. The highest BCUT2D eigenvalue weighted by Crippen LogP contribution is 2.24. The molecule has 0 amide bonds. The molecule has 3 aromatic carbocycles. The average Bonchev–Trinajstić information content (AvgIpc) is 2.48. The molecule has 0 heterocycles. The number of hydrogen-bond donors (Lipinski definition) is 2. The minimum Gasteiger partial charge on any atom is -0.399 e. The van der Waals surface area contributed by atoms with Crippen molar-refractivity contribution in [2.75, 3.05) is 11.1 Å². The predicted octanol–water partition coefficient (Wildman–Crippen LogP) is 4.82. The van der Waals surface area contributed by atoms with E-state index < -0.39 is 0 Å². The van der Waals surface area contributed by atoms with E-state index in [1.54, 1.807) is 6.07 Å². The molecule has 0 bridgehead atoms. The van der Waals surface area contributed by atoms with Crippen LogP contribution in [0.2, 0.25) is 0 Å². The Bertz CT molecular complexity index is 717. The topological polar surface area (TPSA) is 38.0 Å². The number of nitrogens with one attached hydrogen (secondary N) is 1. The summed E-state index contributed by atoms with van der Waals surface area (Å²) in [6.07, 6.45) is 0. The Balaban J connectivity index is 1.81. The van der Waals surface area contributed by atoms with Gasteiger partial charge in [0.2, 0.25) is 0 Å². The Morgan fingerprint density at radius 1 is 0.714 bits per heavy atom. The van der Waals surface area contributed by atoms with Crippen LogP contribution in [0.15, 0.2) is 72.8 Å². The molecule has 0 fully saturated rings. The van der Waals surface area contributed by atoms with Crippen molar-refractivity contribution in [1.82, 2.24) is 0 Å². The molecule has 3 N–H and O–H groups in total. The van der Waals surface area contributed by atoms with Crippen LogP contribution in [0.3, 0.4) is 0 Å². The second-order valence-corrected chi connectivity index (χ2v) is 4.84. The summed E-state index contributed by atoms with van der Waals surface area (Å²) in [5.41, 5.74) is 9.87. The molecule has 104 valence electrons. The van der Waals surface area contributed by atoms with Crippen molar-refractivity contribution >= 4 is 17.1 Å². The fourth-order valence-corrected chi connectivity index (χ4v) is 2.23. The van der Waals surface area contributed by atoms with Gasteiger partial charge in [-0.05, 0) is 41.5 Å². The summed E-state index contributed by atoms with van der Waals surface area (Å²) in [5.74, 6) is -0.349. The average molecular weight is 278 g/mol. The van der Waals surface area contributed by atoms with Gasteiger partial charge in [-0.15, -0.1) is 0 Å². The number of benzene rings is 3. The quantitative estimate of drug-likeness (QED) is 0.674. The van der Waals surface area contributed by atoms with E-state index in [0.717, 1.165) is 11.3 Å². The van der Waals surface area contributed by atoms with Crippen LogP contribution < -0.4 is 11.1 Å². The second kappa shape index (κ2) is 5.67. The van der Waals surface area contributed by atoms with Crippen molar-refractivity contribution in [3.05, 3.63) is 78.6 Å². The molecule has 0 aromatic heterocycles. The smallest absolute Gasteiger partial charge is 0.127 e. The molecule has 0 unspecified atom stereocenters. The van der Waals surface area contributed by atoms with Gasteiger partial charge in [0.25, 0.3) is 0 Å². The van der Waals surface area contributed by atoms with Crippen LogP contribution in [0.5, 0.6) is 0 Å². The maximum absolute atomic E-state index is 13.3. The number of nitrogens with two attached hydrogens (primary N) is 1. The SMILES string of the molecule is Nc1cc(F)cc(Nc2ccc(-c3ccccc3)cc2)c1. The summed E-state index contributed by atoms with van der Waals surface area (Å²) in [6, 6.07) is 22.5. The second-order valence-electron chi connectivity index (χ2n) is 4.84. The van der Waals surface area contributed by atoms with Gasteiger partial charge in [0.05, 0.1) is 0 Å². The molecular weight excluding hydrogens is 263 g/mol. The summed E-state index contributed by atoms with van der Waals surface area (Å²) < 4.78 is 13.3. The minimum absolute atomic E-state index is 0.349. The first-order valence-electron chi connectivity index (χ1n) is 6.69. The zero-order valence-corrected chi connectivity index (χ0v) is 11.4. The maximum Gasteiger partial charge on any atom is 0.127 e. The lowest BCUT2D eigenvalue weighted by molar-refractivity contribution is 0.629. The van der Waals surface area contributed by atoms with Crippen molar-refractivity contribution in [2.45, 2.75) is 0 Å². The van der Waals surface area contributed by atoms with Crippen molar-refractivity contribution in [1.29, 1.82) is 0 Å². The number of hydrogen-bond acceptors (Lipinski definition) is 2. The third-order valence-electron chi connectivity index (χ3n) is 3.20. The Morgan fingerprint density at radius 3 is 2.05 bits per heavy atom. The fraction of sp³-hybridized carbons (Fsp3) is 0. The molecule has 0 atom stereocenters. The van der Waals surface area contributed by atoms with Gasteiger partial charge in [0, 0.05) is 17.1 Å². The first kappa shape index (κ1) is 13.2. The largest absolute Gasteiger partial charge is 0.399 e. The monoisotopic (exact) mass is 278 g/mol. The van der Waals surface area contributed by atoms with E-state index in [2.05, 4.69) is 17.4 Å². The van der Waals surface area contributed by atoms with Crippen LogP contribution in [0.1, 0.15) is 0 Å². The Hall–Kier alpha value is -2.81. The normalized spacial score (nSPS) is 10.3. The van der Waals surface area contributed by atoms with Crippen LogP contribution in [-0.2, 0) is 0 Å². The first-order chi connectivity index (χ1) is 10.2. The first-order valence-corrected chi connectivity index (χ1v) is 6.69.